The third-order valence-corrected chi connectivity index (χ3v) is 6.82. The normalized spacial score (nSPS) is 11.3. The quantitative estimate of drug-likeness (QED) is 0.361. The fraction of sp³-hybridized carbons (Fsp3) is 0.115. The summed E-state index contributed by atoms with van der Waals surface area (Å²) in [6.45, 7) is -0.0493. The van der Waals surface area contributed by atoms with Crippen LogP contribution in [0.1, 0.15) is 0 Å². The number of ether oxygens (including phenoxy) is 1. The molecular weight excluding hydrogens is 469 g/mol. The Morgan fingerprint density at radius 2 is 1.66 bits per heavy atom. The number of halogens is 1. The third kappa shape index (κ3) is 5.95. The maximum Gasteiger partial charge on any atom is 0.326 e. The minimum atomic E-state index is -3.81. The molecule has 0 spiro atoms. The molecule has 0 radical (unpaired) electrons. The van der Waals surface area contributed by atoms with E-state index in [1.165, 1.54) is 42.3 Å². The van der Waals surface area contributed by atoms with Gasteiger partial charge in [-0.3, -0.25) is 4.90 Å². The lowest BCUT2D eigenvalue weighted by Gasteiger charge is -2.23. The first-order valence-electron chi connectivity index (χ1n) is 10.8. The summed E-state index contributed by atoms with van der Waals surface area (Å²) in [7, 11) is -2.29. The van der Waals surface area contributed by atoms with Gasteiger partial charge in [0, 0.05) is 30.5 Å². The lowest BCUT2D eigenvalue weighted by molar-refractivity contribution is 0.257. The van der Waals surface area contributed by atoms with Crippen molar-refractivity contribution in [3.63, 3.8) is 0 Å². The number of amides is 2. The molecule has 0 aliphatic heterocycles. The lowest BCUT2D eigenvalue weighted by atomic mass is 10.1. The van der Waals surface area contributed by atoms with E-state index in [0.717, 1.165) is 10.8 Å². The predicted molar refractivity (Wildman–Crippen MR) is 135 cm³/mol. The second kappa shape index (κ2) is 10.5. The van der Waals surface area contributed by atoms with Gasteiger partial charge in [0.15, 0.2) is 0 Å². The van der Waals surface area contributed by atoms with Gasteiger partial charge in [0.2, 0.25) is 10.0 Å². The Bertz CT molecular complexity index is 1440. The molecule has 2 N–H and O–H groups in total. The van der Waals surface area contributed by atoms with E-state index in [9.17, 15) is 17.6 Å². The zero-order valence-corrected chi connectivity index (χ0v) is 19.8. The van der Waals surface area contributed by atoms with Crippen LogP contribution in [0.2, 0.25) is 0 Å². The van der Waals surface area contributed by atoms with E-state index in [1.54, 1.807) is 36.4 Å². The molecule has 35 heavy (non-hydrogen) atoms. The predicted octanol–water partition coefficient (Wildman–Crippen LogP) is 5.00. The molecule has 2 amide bonds. The fourth-order valence-corrected chi connectivity index (χ4v) is 4.63. The van der Waals surface area contributed by atoms with Crippen LogP contribution in [0, 0.1) is 5.82 Å². The maximum atomic E-state index is 13.5. The van der Waals surface area contributed by atoms with Crippen molar-refractivity contribution in [2.75, 3.05) is 30.4 Å². The molecule has 0 atom stereocenters. The standard InChI is InChI=1S/C26H24FN3O4S/c1-34-24-8-4-7-22(18-24)29-26(31)30(23-12-10-21(27)11-13-23)16-15-28-35(32,33)25-14-9-19-5-2-3-6-20(19)17-25/h2-14,17-18,28H,15-16H2,1H3,(H,29,31). The van der Waals surface area contributed by atoms with E-state index in [2.05, 4.69) is 10.0 Å². The van der Waals surface area contributed by atoms with Gasteiger partial charge in [-0.05, 0) is 59.3 Å². The zero-order valence-electron chi connectivity index (χ0n) is 18.9. The minimum absolute atomic E-state index is 0.00818. The highest BCUT2D eigenvalue weighted by Gasteiger charge is 2.19. The van der Waals surface area contributed by atoms with Gasteiger partial charge in [-0.2, -0.15) is 0 Å². The number of hydrogen-bond donors (Lipinski definition) is 2. The first-order chi connectivity index (χ1) is 16.9. The molecule has 0 saturated heterocycles. The topological polar surface area (TPSA) is 87.7 Å². The molecule has 180 valence electrons. The molecule has 4 aromatic rings. The number of fused-ring (bicyclic) bond motifs is 1. The van der Waals surface area contributed by atoms with E-state index in [4.69, 9.17) is 4.74 Å². The third-order valence-electron chi connectivity index (χ3n) is 5.36. The summed E-state index contributed by atoms with van der Waals surface area (Å²) >= 11 is 0. The van der Waals surface area contributed by atoms with Crippen LogP contribution in [0.3, 0.4) is 0 Å². The molecule has 4 aromatic carbocycles. The first kappa shape index (κ1) is 24.2. The second-order valence-electron chi connectivity index (χ2n) is 7.70. The van der Waals surface area contributed by atoms with Crippen LogP contribution in [-0.2, 0) is 10.0 Å². The van der Waals surface area contributed by atoms with Crippen molar-refractivity contribution < 1.29 is 22.3 Å². The summed E-state index contributed by atoms with van der Waals surface area (Å²) in [4.78, 5) is 14.5. The number of sulfonamides is 1. The van der Waals surface area contributed by atoms with Gasteiger partial charge >= 0.3 is 6.03 Å². The number of anilines is 2. The van der Waals surface area contributed by atoms with Gasteiger partial charge < -0.3 is 10.1 Å². The summed E-state index contributed by atoms with van der Waals surface area (Å²) in [6.07, 6.45) is 0. The highest BCUT2D eigenvalue weighted by Crippen LogP contribution is 2.21. The molecule has 0 aromatic heterocycles. The van der Waals surface area contributed by atoms with Gasteiger partial charge in [-0.1, -0.05) is 36.4 Å². The molecule has 0 aliphatic carbocycles. The van der Waals surface area contributed by atoms with Crippen molar-refractivity contribution in [3.05, 3.63) is 96.8 Å². The first-order valence-corrected chi connectivity index (χ1v) is 12.3. The van der Waals surface area contributed by atoms with Crippen LogP contribution >= 0.6 is 0 Å². The van der Waals surface area contributed by atoms with Crippen molar-refractivity contribution in [2.45, 2.75) is 4.90 Å². The maximum absolute atomic E-state index is 13.5. The van der Waals surface area contributed by atoms with Crippen LogP contribution < -0.4 is 19.7 Å². The van der Waals surface area contributed by atoms with Gasteiger partial charge in [-0.25, -0.2) is 22.3 Å². The molecule has 4 rings (SSSR count). The molecule has 0 unspecified atom stereocenters. The molecule has 0 bridgehead atoms. The highest BCUT2D eigenvalue weighted by molar-refractivity contribution is 7.89. The van der Waals surface area contributed by atoms with Crippen LogP contribution in [0.15, 0.2) is 95.9 Å². The Hall–Kier alpha value is -3.95. The van der Waals surface area contributed by atoms with E-state index in [0.29, 0.717) is 17.1 Å². The smallest absolute Gasteiger partial charge is 0.326 e. The average molecular weight is 494 g/mol. The summed E-state index contributed by atoms with van der Waals surface area (Å²) in [5, 5.41) is 4.51. The van der Waals surface area contributed by atoms with E-state index in [1.807, 2.05) is 24.3 Å². The average Bonchev–Trinajstić information content (AvgIpc) is 2.87. The zero-order chi connectivity index (χ0) is 24.8. The summed E-state index contributed by atoms with van der Waals surface area (Å²) < 4.78 is 46.9. The lowest BCUT2D eigenvalue weighted by Crippen LogP contribution is -2.41. The van der Waals surface area contributed by atoms with Gasteiger partial charge in [-0.15, -0.1) is 0 Å². The Kier molecular flexibility index (Phi) is 7.28. The van der Waals surface area contributed by atoms with Crippen LogP contribution in [-0.4, -0.2) is 34.6 Å². The van der Waals surface area contributed by atoms with Crippen molar-refractivity contribution in [1.29, 1.82) is 0 Å². The van der Waals surface area contributed by atoms with E-state index < -0.39 is 21.9 Å². The summed E-state index contributed by atoms with van der Waals surface area (Å²) in [5.74, 6) is 0.123. The number of nitrogens with zero attached hydrogens (tertiary/aromatic N) is 1. The van der Waals surface area contributed by atoms with Crippen LogP contribution in [0.25, 0.3) is 10.8 Å². The molecule has 7 nitrogen and oxygen atoms in total. The molecule has 0 fully saturated rings. The monoisotopic (exact) mass is 493 g/mol. The van der Waals surface area contributed by atoms with Crippen molar-refractivity contribution in [3.8, 4) is 5.75 Å². The Balaban J connectivity index is 1.50. The fourth-order valence-electron chi connectivity index (χ4n) is 3.57. The molecule has 0 aliphatic rings. The largest absolute Gasteiger partial charge is 0.497 e. The number of carbonyl (C=O) groups is 1. The molecular formula is C26H24FN3O4S. The van der Waals surface area contributed by atoms with E-state index in [-0.39, 0.29) is 18.0 Å². The minimum Gasteiger partial charge on any atom is -0.497 e. The van der Waals surface area contributed by atoms with Crippen LogP contribution in [0.4, 0.5) is 20.6 Å². The number of methoxy groups -OCH3 is 1. The second-order valence-corrected chi connectivity index (χ2v) is 9.46. The number of hydrogen-bond acceptors (Lipinski definition) is 4. The number of benzene rings is 4. The SMILES string of the molecule is COc1cccc(NC(=O)N(CCNS(=O)(=O)c2ccc3ccccc3c2)c2ccc(F)cc2)c1. The van der Waals surface area contributed by atoms with Gasteiger partial charge in [0.05, 0.1) is 12.0 Å². The van der Waals surface area contributed by atoms with Crippen molar-refractivity contribution in [2.24, 2.45) is 0 Å². The number of rotatable bonds is 8. The molecule has 0 saturated carbocycles. The molecule has 0 heterocycles. The Labute approximate surface area is 203 Å². The number of carbonyl (C=O) groups excluding carboxylic acids is 1. The summed E-state index contributed by atoms with van der Waals surface area (Å²) in [5.41, 5.74) is 0.912. The van der Waals surface area contributed by atoms with Crippen LogP contribution in [0.5, 0.6) is 5.75 Å². The number of nitrogens with one attached hydrogen (secondary N) is 2. The van der Waals surface area contributed by atoms with Crippen molar-refractivity contribution >= 4 is 38.2 Å². The van der Waals surface area contributed by atoms with Crippen molar-refractivity contribution in [1.82, 2.24) is 4.72 Å². The Morgan fingerprint density at radius 3 is 2.40 bits per heavy atom. The van der Waals surface area contributed by atoms with E-state index >= 15 is 0 Å². The number of urea groups is 1. The highest BCUT2D eigenvalue weighted by atomic mass is 32.2. The molecule has 9 heteroatoms. The Morgan fingerprint density at radius 1 is 0.914 bits per heavy atom. The van der Waals surface area contributed by atoms with Gasteiger partial charge in [0.25, 0.3) is 0 Å². The van der Waals surface area contributed by atoms with Gasteiger partial charge in [0.1, 0.15) is 11.6 Å². The summed E-state index contributed by atoms with van der Waals surface area (Å²) in [6, 6.07) is 24.1.